The maximum Gasteiger partial charge on any atom is 0.140 e. The van der Waals surface area contributed by atoms with Gasteiger partial charge in [0.2, 0.25) is 0 Å². The zero-order chi connectivity index (χ0) is 6.85. The molecule has 4 heteroatoms. The summed E-state index contributed by atoms with van der Waals surface area (Å²) >= 11 is 0. The van der Waals surface area contributed by atoms with E-state index >= 15 is 0 Å². The topological polar surface area (TPSA) is 72.3 Å². The molecule has 0 spiro atoms. The second-order valence-corrected chi connectivity index (χ2v) is 1.78. The van der Waals surface area contributed by atoms with Crippen molar-refractivity contribution in [2.24, 2.45) is 0 Å². The third kappa shape index (κ3) is 1.61. The van der Waals surface area contributed by atoms with Gasteiger partial charge in [-0.25, -0.2) is 0 Å². The fraction of sp³-hybridized carbons (Fsp3) is 0. The van der Waals surface area contributed by atoms with Gasteiger partial charge in [0.1, 0.15) is 5.75 Å². The smallest absolute Gasteiger partial charge is 0.140 e. The molecule has 0 aliphatic heterocycles. The zero-order valence-electron chi connectivity index (χ0n) is 5.54. The molecule has 0 radical (unpaired) electrons. The quantitative estimate of drug-likeness (QED) is 0.317. The number of hydrogen-bond acceptors (Lipinski definition) is 3. The summed E-state index contributed by atoms with van der Waals surface area (Å²) in [6.45, 7) is 0. The first-order chi connectivity index (χ1) is 4.22. The number of aromatic hydroxyl groups is 1. The molecule has 0 saturated heterocycles. The van der Waals surface area contributed by atoms with Crippen molar-refractivity contribution in [3.63, 3.8) is 0 Å². The van der Waals surface area contributed by atoms with Crippen LogP contribution < -0.4 is 11.5 Å². The molecule has 0 atom stereocenters. The third-order valence-corrected chi connectivity index (χ3v) is 1.12. The summed E-state index contributed by atoms with van der Waals surface area (Å²) in [5.41, 5.74) is 11.3. The Morgan fingerprint density at radius 3 is 2.20 bits per heavy atom. The van der Waals surface area contributed by atoms with E-state index in [0.717, 1.165) is 0 Å². The van der Waals surface area contributed by atoms with Gasteiger partial charge in [-0.3, -0.25) is 0 Å². The molecule has 1 rings (SSSR count). The maximum atomic E-state index is 8.90. The van der Waals surface area contributed by atoms with Crippen LogP contribution in [0.1, 0.15) is 0 Å². The van der Waals surface area contributed by atoms with Crippen molar-refractivity contribution >= 4 is 11.4 Å². The average molecular weight is 190 g/mol. The number of nitrogens with two attached hydrogens (primary N) is 2. The molecule has 0 amide bonds. The van der Waals surface area contributed by atoms with Crippen molar-refractivity contribution in [3.8, 4) is 5.75 Å². The van der Waals surface area contributed by atoms with Crippen LogP contribution in [-0.4, -0.2) is 5.11 Å². The summed E-state index contributed by atoms with van der Waals surface area (Å²) in [5.74, 6) is 0.0370. The van der Waals surface area contributed by atoms with Gasteiger partial charge < -0.3 is 16.6 Å². The molecule has 0 aliphatic rings. The van der Waals surface area contributed by atoms with Crippen molar-refractivity contribution in [3.05, 3.63) is 18.2 Å². The first-order valence-corrected chi connectivity index (χ1v) is 2.54. The van der Waals surface area contributed by atoms with E-state index < -0.39 is 0 Å². The van der Waals surface area contributed by atoms with Gasteiger partial charge >= 0.3 is 0 Å². The van der Waals surface area contributed by atoms with Crippen LogP contribution in [0.5, 0.6) is 5.75 Å². The number of phenolic OH excluding ortho intramolecular Hbond substituents is 1. The molecule has 0 fully saturated rings. The molecule has 10 heavy (non-hydrogen) atoms. The third-order valence-electron chi connectivity index (χ3n) is 1.12. The average Bonchev–Trinajstić information content (AvgIpc) is 1.83. The number of benzene rings is 1. The standard InChI is InChI=1S/C6H8N2O.Zn/c7-4-2-1-3-5(9)6(4)8;/h1-3,9H,7-8H2;. The van der Waals surface area contributed by atoms with Crippen LogP contribution in [0.4, 0.5) is 11.4 Å². The predicted molar refractivity (Wildman–Crippen MR) is 36.9 cm³/mol. The maximum absolute atomic E-state index is 8.90. The molecule has 5 N–H and O–H groups in total. The molecule has 0 bridgehead atoms. The molecular formula is C6H8N2OZn. The van der Waals surface area contributed by atoms with Crippen molar-refractivity contribution in [2.45, 2.75) is 0 Å². The Bertz CT molecular complexity index is 207. The molecule has 0 unspecified atom stereocenters. The number of phenols is 1. The van der Waals surface area contributed by atoms with Gasteiger partial charge in [-0.15, -0.1) is 0 Å². The predicted octanol–water partition coefficient (Wildman–Crippen LogP) is 0.554. The Labute approximate surface area is 71.8 Å². The van der Waals surface area contributed by atoms with Gasteiger partial charge in [-0.1, -0.05) is 6.07 Å². The number of para-hydroxylation sites is 1. The normalized spacial score (nSPS) is 8.40. The number of anilines is 2. The molecule has 50 valence electrons. The monoisotopic (exact) mass is 188 g/mol. The van der Waals surface area contributed by atoms with E-state index in [1.54, 1.807) is 12.1 Å². The summed E-state index contributed by atoms with van der Waals surface area (Å²) in [6, 6.07) is 4.77. The van der Waals surface area contributed by atoms with Crippen LogP contribution >= 0.6 is 0 Å². The Morgan fingerprint density at radius 2 is 1.80 bits per heavy atom. The van der Waals surface area contributed by atoms with Crippen molar-refractivity contribution < 1.29 is 24.6 Å². The van der Waals surface area contributed by atoms with Crippen molar-refractivity contribution in [2.75, 3.05) is 11.5 Å². The summed E-state index contributed by atoms with van der Waals surface area (Å²) < 4.78 is 0. The van der Waals surface area contributed by atoms with Gasteiger partial charge in [0.25, 0.3) is 0 Å². The van der Waals surface area contributed by atoms with E-state index in [1.807, 2.05) is 0 Å². The largest absolute Gasteiger partial charge is 0.506 e. The van der Waals surface area contributed by atoms with Gasteiger partial charge in [0, 0.05) is 19.5 Å². The Morgan fingerprint density at radius 1 is 1.20 bits per heavy atom. The van der Waals surface area contributed by atoms with Crippen molar-refractivity contribution in [1.29, 1.82) is 0 Å². The van der Waals surface area contributed by atoms with Crippen LogP contribution in [0.15, 0.2) is 18.2 Å². The van der Waals surface area contributed by atoms with Crippen LogP contribution in [0.25, 0.3) is 0 Å². The summed E-state index contributed by atoms with van der Waals surface area (Å²) in [4.78, 5) is 0. The minimum atomic E-state index is 0. The van der Waals surface area contributed by atoms with E-state index in [-0.39, 0.29) is 30.9 Å². The molecule has 1 aromatic carbocycles. The number of rotatable bonds is 0. The first kappa shape index (κ1) is 9.24. The Kier molecular flexibility index (Phi) is 3.16. The second-order valence-electron chi connectivity index (χ2n) is 1.78. The molecule has 3 nitrogen and oxygen atoms in total. The van der Waals surface area contributed by atoms with E-state index in [1.165, 1.54) is 6.07 Å². The summed E-state index contributed by atoms with van der Waals surface area (Å²) in [5, 5.41) is 8.90. The Hall–Kier alpha value is -0.757. The van der Waals surface area contributed by atoms with Gasteiger partial charge in [0.05, 0.1) is 11.4 Å². The van der Waals surface area contributed by atoms with E-state index in [9.17, 15) is 0 Å². The zero-order valence-corrected chi connectivity index (χ0v) is 8.51. The van der Waals surface area contributed by atoms with E-state index in [0.29, 0.717) is 5.69 Å². The molecule has 0 saturated carbocycles. The second kappa shape index (κ2) is 3.42. The van der Waals surface area contributed by atoms with Crippen LogP contribution in [0.3, 0.4) is 0 Å². The van der Waals surface area contributed by atoms with Gasteiger partial charge in [-0.05, 0) is 12.1 Å². The molecule has 0 heterocycles. The SMILES string of the molecule is Nc1cccc(O)c1N.[Zn]. The van der Waals surface area contributed by atoms with Crippen LogP contribution in [0, 0.1) is 0 Å². The molecular weight excluding hydrogens is 181 g/mol. The van der Waals surface area contributed by atoms with E-state index in [4.69, 9.17) is 16.6 Å². The van der Waals surface area contributed by atoms with Gasteiger partial charge in [-0.2, -0.15) is 0 Å². The van der Waals surface area contributed by atoms with Crippen molar-refractivity contribution in [1.82, 2.24) is 0 Å². The Balaban J connectivity index is 0.000000810. The molecule has 1 aromatic rings. The van der Waals surface area contributed by atoms with Crippen LogP contribution in [-0.2, 0) is 19.5 Å². The fourth-order valence-electron chi connectivity index (χ4n) is 0.570. The summed E-state index contributed by atoms with van der Waals surface area (Å²) in [7, 11) is 0. The fourth-order valence-corrected chi connectivity index (χ4v) is 0.570. The minimum Gasteiger partial charge on any atom is -0.506 e. The molecule has 0 aromatic heterocycles. The summed E-state index contributed by atoms with van der Waals surface area (Å²) in [6.07, 6.45) is 0. The van der Waals surface area contributed by atoms with Crippen LogP contribution in [0.2, 0.25) is 0 Å². The van der Waals surface area contributed by atoms with E-state index in [2.05, 4.69) is 0 Å². The first-order valence-electron chi connectivity index (χ1n) is 2.54. The molecule has 0 aliphatic carbocycles. The van der Waals surface area contributed by atoms with Gasteiger partial charge in [0.15, 0.2) is 0 Å². The number of nitrogen functional groups attached to an aromatic ring is 2. The number of hydrogen-bond donors (Lipinski definition) is 3. The minimum absolute atomic E-state index is 0.